The summed E-state index contributed by atoms with van der Waals surface area (Å²) in [7, 11) is -3.76. The highest BCUT2D eigenvalue weighted by molar-refractivity contribution is 7.84. The molecule has 6 N–H and O–H groups in total. The van der Waals surface area contributed by atoms with Gasteiger partial charge in [-0.15, -0.1) is 0 Å². The van der Waals surface area contributed by atoms with Crippen molar-refractivity contribution in [1.29, 1.82) is 0 Å². The number of hydrogen-bond acceptors (Lipinski definition) is 8. The molecule has 14 heteroatoms. The number of nitrogens with two attached hydrogens (primary N) is 1. The highest BCUT2D eigenvalue weighted by atomic mass is 32.2. The number of carboxylic acid groups (broad SMARTS) is 1. The van der Waals surface area contributed by atoms with E-state index in [2.05, 4.69) is 10.6 Å². The van der Waals surface area contributed by atoms with Gasteiger partial charge in [-0.1, -0.05) is 0 Å². The maximum Gasteiger partial charge on any atom is 0.362 e. The van der Waals surface area contributed by atoms with E-state index in [1.165, 1.54) is 13.8 Å². The van der Waals surface area contributed by atoms with Crippen LogP contribution in [0.15, 0.2) is 0 Å². The van der Waals surface area contributed by atoms with Crippen molar-refractivity contribution in [2.45, 2.75) is 50.5 Å². The van der Waals surface area contributed by atoms with Crippen molar-refractivity contribution in [2.24, 2.45) is 5.73 Å². The Morgan fingerprint density at radius 3 is 2.37 bits per heavy atom. The van der Waals surface area contributed by atoms with Gasteiger partial charge in [0.1, 0.15) is 18.1 Å². The minimum Gasteiger partial charge on any atom is -0.480 e. The number of methoxy groups -OCH3 is 1. The summed E-state index contributed by atoms with van der Waals surface area (Å²) >= 11 is 0. The first-order valence-electron chi connectivity index (χ1n) is 7.74. The number of carbonyl (C=O) groups is 4. The van der Waals surface area contributed by atoms with Crippen LogP contribution in [0.3, 0.4) is 0 Å². The lowest BCUT2D eigenvalue weighted by Crippen LogP contribution is -2.81. The second kappa shape index (κ2) is 8.16. The predicted molar refractivity (Wildman–Crippen MR) is 88.2 cm³/mol. The Morgan fingerprint density at radius 1 is 1.41 bits per heavy atom. The van der Waals surface area contributed by atoms with Crippen molar-refractivity contribution in [1.82, 2.24) is 14.9 Å². The number of carbonyl (C=O) groups excluding carboxylic acids is 3. The Labute approximate surface area is 155 Å². The molecule has 0 spiro atoms. The molecule has 1 rings (SSSR count). The third kappa shape index (κ3) is 4.71. The number of carboxylic acids is 1. The van der Waals surface area contributed by atoms with Crippen LogP contribution in [0.5, 0.6) is 0 Å². The fourth-order valence-corrected chi connectivity index (χ4v) is 3.36. The van der Waals surface area contributed by atoms with Crippen LogP contribution in [0.2, 0.25) is 0 Å². The molecular formula is C13H22N4O9S. The van der Waals surface area contributed by atoms with Crippen LogP contribution in [-0.4, -0.2) is 77.0 Å². The summed E-state index contributed by atoms with van der Waals surface area (Å²) in [5, 5.41) is 13.2. The molecular weight excluding hydrogens is 388 g/mol. The molecule has 154 valence electrons. The lowest BCUT2D eigenvalue weighted by Gasteiger charge is -2.50. The van der Waals surface area contributed by atoms with E-state index in [4.69, 9.17) is 20.1 Å². The molecule has 0 saturated carbocycles. The van der Waals surface area contributed by atoms with E-state index in [-0.39, 0.29) is 17.1 Å². The van der Waals surface area contributed by atoms with Crippen molar-refractivity contribution in [2.75, 3.05) is 7.11 Å². The van der Waals surface area contributed by atoms with Crippen molar-refractivity contribution in [3.63, 3.8) is 0 Å². The average Bonchev–Trinajstić information content (AvgIpc) is 2.55. The lowest BCUT2D eigenvalue weighted by atomic mass is 9.94. The summed E-state index contributed by atoms with van der Waals surface area (Å²) in [5.74, 6) is -3.97. The van der Waals surface area contributed by atoms with Crippen LogP contribution >= 0.6 is 0 Å². The Balaban J connectivity index is 2.70. The molecule has 0 radical (unpaired) electrons. The van der Waals surface area contributed by atoms with Crippen LogP contribution < -0.4 is 16.4 Å². The van der Waals surface area contributed by atoms with Gasteiger partial charge >= 0.3 is 16.3 Å². The van der Waals surface area contributed by atoms with E-state index >= 15 is 0 Å². The molecule has 0 aromatic heterocycles. The Kier molecular flexibility index (Phi) is 6.88. The number of β-lactam (4-membered cyclic amide) rings is 1. The maximum absolute atomic E-state index is 12.2. The zero-order valence-corrected chi connectivity index (χ0v) is 15.6. The fourth-order valence-electron chi connectivity index (χ4n) is 2.47. The Bertz CT molecular complexity index is 740. The van der Waals surface area contributed by atoms with Gasteiger partial charge in [0.2, 0.25) is 17.5 Å². The highest BCUT2D eigenvalue weighted by Gasteiger charge is 2.65. The standard InChI is InChI=1S/C13H22N4O9S/c1-6(15-9(18)5-4-8(14)11(20)21)10(19)16-13(26-3)7(2)17(12(13)22)27(23,24)25/h6-8H,4-5,14H2,1-3H3,(H,15,18)(H,16,19)(H,20,21)(H,23,24,25)/t6-,7+,8-,13-/m1/s1. The normalized spacial score (nSPS) is 24.6. The molecule has 1 heterocycles. The number of amides is 3. The van der Waals surface area contributed by atoms with Gasteiger partial charge in [0, 0.05) is 13.5 Å². The monoisotopic (exact) mass is 410 g/mol. The third-order valence-electron chi connectivity index (χ3n) is 4.11. The molecule has 1 saturated heterocycles. The lowest BCUT2D eigenvalue weighted by molar-refractivity contribution is -0.193. The van der Waals surface area contributed by atoms with Crippen LogP contribution in [0.1, 0.15) is 26.7 Å². The molecule has 0 unspecified atom stereocenters. The van der Waals surface area contributed by atoms with Gasteiger partial charge in [-0.2, -0.15) is 8.42 Å². The van der Waals surface area contributed by atoms with Gasteiger partial charge in [-0.3, -0.25) is 23.7 Å². The zero-order chi connectivity index (χ0) is 21.2. The number of hydrogen-bond donors (Lipinski definition) is 5. The molecule has 1 aliphatic heterocycles. The highest BCUT2D eigenvalue weighted by Crippen LogP contribution is 2.33. The van der Waals surface area contributed by atoms with Crippen molar-refractivity contribution >= 4 is 34.0 Å². The predicted octanol–water partition coefficient (Wildman–Crippen LogP) is -2.82. The third-order valence-corrected chi connectivity index (χ3v) is 5.09. The topological polar surface area (TPSA) is 205 Å². The Hall–Kier alpha value is -2.29. The number of aliphatic carboxylic acids is 1. The van der Waals surface area contributed by atoms with E-state index in [0.717, 1.165) is 7.11 Å². The second-order valence-electron chi connectivity index (χ2n) is 5.96. The van der Waals surface area contributed by atoms with Crippen LogP contribution in [0.25, 0.3) is 0 Å². The quantitative estimate of drug-likeness (QED) is 0.150. The molecule has 27 heavy (non-hydrogen) atoms. The van der Waals surface area contributed by atoms with Crippen LogP contribution in [-0.2, 0) is 34.2 Å². The van der Waals surface area contributed by atoms with Gasteiger partial charge in [0.05, 0.1) is 0 Å². The Morgan fingerprint density at radius 2 is 1.96 bits per heavy atom. The van der Waals surface area contributed by atoms with E-state index in [1.54, 1.807) is 0 Å². The van der Waals surface area contributed by atoms with Gasteiger partial charge in [-0.25, -0.2) is 4.31 Å². The molecule has 0 aromatic carbocycles. The number of rotatable bonds is 9. The number of ether oxygens (including phenoxy) is 1. The van der Waals surface area contributed by atoms with E-state index in [9.17, 15) is 27.6 Å². The molecule has 1 fully saturated rings. The minimum atomic E-state index is -4.82. The number of nitrogens with one attached hydrogen (secondary N) is 2. The van der Waals surface area contributed by atoms with Gasteiger partial charge in [-0.05, 0) is 20.3 Å². The molecule has 0 aliphatic carbocycles. The van der Waals surface area contributed by atoms with E-state index < -0.39 is 57.8 Å². The molecule has 0 bridgehead atoms. The molecule has 3 amide bonds. The summed E-state index contributed by atoms with van der Waals surface area (Å²) < 4.78 is 36.4. The zero-order valence-electron chi connectivity index (χ0n) is 14.8. The fraction of sp³-hybridized carbons (Fsp3) is 0.692. The summed E-state index contributed by atoms with van der Waals surface area (Å²) in [5.41, 5.74) is 3.26. The van der Waals surface area contributed by atoms with Crippen molar-refractivity contribution in [3.8, 4) is 0 Å². The summed E-state index contributed by atoms with van der Waals surface area (Å²) in [6.07, 6.45) is -0.386. The van der Waals surface area contributed by atoms with Gasteiger partial charge < -0.3 is 26.2 Å². The summed E-state index contributed by atoms with van der Waals surface area (Å²) in [4.78, 5) is 46.7. The molecule has 13 nitrogen and oxygen atoms in total. The van der Waals surface area contributed by atoms with Gasteiger partial charge in [0.25, 0.3) is 5.91 Å². The van der Waals surface area contributed by atoms with Gasteiger partial charge in [0.15, 0.2) is 0 Å². The smallest absolute Gasteiger partial charge is 0.362 e. The first-order chi connectivity index (χ1) is 12.3. The van der Waals surface area contributed by atoms with Crippen molar-refractivity contribution < 1.29 is 42.0 Å². The SMILES string of the molecule is CO[C@@]1(NC(=O)[C@@H](C)NC(=O)CC[C@@H](N)C(=O)O)C(=O)N(S(=O)(=O)O)[C@H]1C. The molecule has 1 aliphatic rings. The minimum absolute atomic E-state index is 0.143. The average molecular weight is 410 g/mol. The molecule has 4 atom stereocenters. The maximum atomic E-state index is 12.2. The first-order valence-corrected chi connectivity index (χ1v) is 9.13. The van der Waals surface area contributed by atoms with Crippen LogP contribution in [0.4, 0.5) is 0 Å². The van der Waals surface area contributed by atoms with E-state index in [0.29, 0.717) is 0 Å². The molecule has 0 aromatic rings. The largest absolute Gasteiger partial charge is 0.480 e. The van der Waals surface area contributed by atoms with Crippen molar-refractivity contribution in [3.05, 3.63) is 0 Å². The second-order valence-corrected chi connectivity index (χ2v) is 7.25. The van der Waals surface area contributed by atoms with Crippen LogP contribution in [0, 0.1) is 0 Å². The number of nitrogens with zero attached hydrogens (tertiary/aromatic N) is 1. The summed E-state index contributed by atoms with van der Waals surface area (Å²) in [6, 6.07) is -3.60. The van der Waals surface area contributed by atoms with E-state index in [1.807, 2.05) is 0 Å². The summed E-state index contributed by atoms with van der Waals surface area (Å²) in [6.45, 7) is 2.53. The first kappa shape index (κ1) is 22.8.